The second-order valence-corrected chi connectivity index (χ2v) is 3.28. The molecule has 1 aliphatic rings. The highest BCUT2D eigenvalue weighted by Crippen LogP contribution is 2.14. The van der Waals surface area contributed by atoms with Crippen molar-refractivity contribution in [1.29, 1.82) is 0 Å². The van der Waals surface area contributed by atoms with Crippen LogP contribution in [0.1, 0.15) is 12.8 Å². The third-order valence-corrected chi connectivity index (χ3v) is 2.31. The van der Waals surface area contributed by atoms with Gasteiger partial charge in [0.05, 0.1) is 0 Å². The van der Waals surface area contributed by atoms with Crippen LogP contribution in [0.15, 0.2) is 0 Å². The van der Waals surface area contributed by atoms with Crippen molar-refractivity contribution in [3.8, 4) is 0 Å². The van der Waals surface area contributed by atoms with Gasteiger partial charge in [-0.05, 0) is 25.3 Å². The van der Waals surface area contributed by atoms with Gasteiger partial charge in [-0.15, -0.1) is 0 Å². The molecule has 0 radical (unpaired) electrons. The Kier molecular flexibility index (Phi) is 3.83. The lowest BCUT2D eigenvalue weighted by Gasteiger charge is -2.31. The molecule has 1 rings (SSSR count). The second-order valence-electron chi connectivity index (χ2n) is 3.28. The predicted octanol–water partition coefficient (Wildman–Crippen LogP) is -0.351. The number of nitrogens with two attached hydrogens (primary N) is 1. The molecule has 3 nitrogen and oxygen atoms in total. The predicted molar refractivity (Wildman–Crippen MR) is 45.3 cm³/mol. The first-order valence-corrected chi connectivity index (χ1v) is 4.40. The fraction of sp³-hybridized carbons (Fsp3) is 1.00. The Morgan fingerprint density at radius 3 is 3.00 bits per heavy atom. The molecule has 3 N–H and O–H groups in total. The zero-order valence-corrected chi connectivity index (χ0v) is 7.00. The zero-order valence-electron chi connectivity index (χ0n) is 7.00. The number of piperidine rings is 1. The summed E-state index contributed by atoms with van der Waals surface area (Å²) in [4.78, 5) is 2.34. The van der Waals surface area contributed by atoms with Crippen LogP contribution in [0.2, 0.25) is 0 Å². The molecule has 0 aromatic carbocycles. The highest BCUT2D eigenvalue weighted by molar-refractivity contribution is 4.72. The molecule has 1 heterocycles. The summed E-state index contributed by atoms with van der Waals surface area (Å²) < 4.78 is 0. The molecule has 1 saturated heterocycles. The topological polar surface area (TPSA) is 49.5 Å². The Labute approximate surface area is 68.2 Å². The number of aliphatic hydroxyl groups excluding tert-OH is 1. The fourth-order valence-electron chi connectivity index (χ4n) is 1.69. The average Bonchev–Trinajstić information content (AvgIpc) is 2.06. The first-order chi connectivity index (χ1) is 5.36. The summed E-state index contributed by atoms with van der Waals surface area (Å²) in [5, 5.41) is 8.92. The molecule has 66 valence electrons. The first kappa shape index (κ1) is 8.97. The van der Waals surface area contributed by atoms with Gasteiger partial charge in [0.1, 0.15) is 0 Å². The zero-order chi connectivity index (χ0) is 8.10. The normalized spacial score (nSPS) is 27.3. The summed E-state index contributed by atoms with van der Waals surface area (Å²) in [5.41, 5.74) is 5.44. The molecule has 0 unspecified atom stereocenters. The summed E-state index contributed by atoms with van der Waals surface area (Å²) >= 11 is 0. The number of aliphatic hydroxyl groups is 1. The van der Waals surface area contributed by atoms with Crippen LogP contribution in [0, 0.1) is 5.92 Å². The second kappa shape index (κ2) is 4.70. The summed E-state index contributed by atoms with van der Waals surface area (Å²) in [6.07, 6.45) is 2.39. The molecule has 0 aromatic rings. The van der Waals surface area contributed by atoms with E-state index in [4.69, 9.17) is 10.8 Å². The van der Waals surface area contributed by atoms with Crippen LogP contribution in [0.5, 0.6) is 0 Å². The van der Waals surface area contributed by atoms with Gasteiger partial charge in [-0.3, -0.25) is 0 Å². The fourth-order valence-corrected chi connectivity index (χ4v) is 1.69. The highest BCUT2D eigenvalue weighted by Gasteiger charge is 2.17. The molecular weight excluding hydrogens is 140 g/mol. The Bertz CT molecular complexity index is 106. The summed E-state index contributed by atoms with van der Waals surface area (Å²) in [6.45, 7) is 4.25. The molecule has 0 aromatic heterocycles. The van der Waals surface area contributed by atoms with Gasteiger partial charge in [0.2, 0.25) is 0 Å². The van der Waals surface area contributed by atoms with E-state index in [2.05, 4.69) is 4.90 Å². The average molecular weight is 158 g/mol. The lowest BCUT2D eigenvalue weighted by Crippen LogP contribution is -2.39. The summed E-state index contributed by atoms with van der Waals surface area (Å²) in [7, 11) is 0. The van der Waals surface area contributed by atoms with Crippen LogP contribution in [0.25, 0.3) is 0 Å². The van der Waals surface area contributed by atoms with Gasteiger partial charge >= 0.3 is 0 Å². The van der Waals surface area contributed by atoms with Crippen LogP contribution >= 0.6 is 0 Å². The van der Waals surface area contributed by atoms with Crippen LogP contribution in [-0.4, -0.2) is 42.8 Å². The number of hydrogen-bond acceptors (Lipinski definition) is 3. The lowest BCUT2D eigenvalue weighted by molar-refractivity contribution is 0.123. The van der Waals surface area contributed by atoms with Crippen LogP contribution < -0.4 is 5.73 Å². The molecular formula is C8H18N2O. The third kappa shape index (κ3) is 2.77. The monoisotopic (exact) mass is 158 g/mol. The van der Waals surface area contributed by atoms with Crippen molar-refractivity contribution in [2.45, 2.75) is 12.8 Å². The van der Waals surface area contributed by atoms with Gasteiger partial charge < -0.3 is 15.7 Å². The van der Waals surface area contributed by atoms with Crippen molar-refractivity contribution in [3.05, 3.63) is 0 Å². The third-order valence-electron chi connectivity index (χ3n) is 2.31. The number of likely N-dealkylation sites (tertiary alicyclic amines) is 1. The molecule has 1 fully saturated rings. The van der Waals surface area contributed by atoms with Crippen LogP contribution in [-0.2, 0) is 0 Å². The van der Waals surface area contributed by atoms with Gasteiger partial charge in [-0.25, -0.2) is 0 Å². The molecule has 3 heteroatoms. The van der Waals surface area contributed by atoms with Crippen molar-refractivity contribution in [1.82, 2.24) is 4.90 Å². The van der Waals surface area contributed by atoms with Crippen molar-refractivity contribution in [2.24, 2.45) is 11.7 Å². The van der Waals surface area contributed by atoms with E-state index in [1.165, 1.54) is 12.8 Å². The van der Waals surface area contributed by atoms with E-state index in [1.807, 2.05) is 0 Å². The molecule has 0 spiro atoms. The quantitative estimate of drug-likeness (QED) is 0.590. The van der Waals surface area contributed by atoms with E-state index < -0.39 is 0 Å². The highest BCUT2D eigenvalue weighted by atomic mass is 16.3. The van der Waals surface area contributed by atoms with Gasteiger partial charge in [-0.1, -0.05) is 0 Å². The van der Waals surface area contributed by atoms with Crippen molar-refractivity contribution >= 4 is 0 Å². The van der Waals surface area contributed by atoms with E-state index in [0.29, 0.717) is 12.5 Å². The molecule has 0 amide bonds. The largest absolute Gasteiger partial charge is 0.396 e. The molecule has 0 aliphatic carbocycles. The number of rotatable bonds is 3. The molecule has 11 heavy (non-hydrogen) atoms. The minimum Gasteiger partial charge on any atom is -0.396 e. The van der Waals surface area contributed by atoms with Gasteiger partial charge in [0.25, 0.3) is 0 Å². The SMILES string of the molecule is NCCN1CCC[C@@H](CO)C1. The Hall–Kier alpha value is -0.120. The number of nitrogens with zero attached hydrogens (tertiary/aromatic N) is 1. The van der Waals surface area contributed by atoms with E-state index in [1.54, 1.807) is 0 Å². The van der Waals surface area contributed by atoms with Gasteiger partial charge in [-0.2, -0.15) is 0 Å². The Balaban J connectivity index is 2.21. The van der Waals surface area contributed by atoms with Crippen molar-refractivity contribution in [3.63, 3.8) is 0 Å². The minimum absolute atomic E-state index is 0.334. The van der Waals surface area contributed by atoms with Gasteiger partial charge in [0, 0.05) is 26.2 Å². The Morgan fingerprint density at radius 2 is 2.36 bits per heavy atom. The number of hydrogen-bond donors (Lipinski definition) is 2. The molecule has 0 saturated carbocycles. The van der Waals surface area contributed by atoms with E-state index in [9.17, 15) is 0 Å². The van der Waals surface area contributed by atoms with E-state index in [-0.39, 0.29) is 0 Å². The van der Waals surface area contributed by atoms with Gasteiger partial charge in [0.15, 0.2) is 0 Å². The maximum Gasteiger partial charge on any atom is 0.0471 e. The minimum atomic E-state index is 0.334. The Morgan fingerprint density at radius 1 is 1.55 bits per heavy atom. The molecule has 1 aliphatic heterocycles. The van der Waals surface area contributed by atoms with Crippen molar-refractivity contribution < 1.29 is 5.11 Å². The molecule has 1 atom stereocenters. The van der Waals surface area contributed by atoms with Crippen LogP contribution in [0.4, 0.5) is 0 Å². The molecule has 0 bridgehead atoms. The summed E-state index contributed by atoms with van der Waals surface area (Å²) in [5.74, 6) is 0.496. The first-order valence-electron chi connectivity index (χ1n) is 4.40. The lowest BCUT2D eigenvalue weighted by atomic mass is 9.99. The summed E-state index contributed by atoms with van der Waals surface area (Å²) in [6, 6.07) is 0. The van der Waals surface area contributed by atoms with E-state index >= 15 is 0 Å². The van der Waals surface area contributed by atoms with Crippen molar-refractivity contribution in [2.75, 3.05) is 32.8 Å². The standard InChI is InChI=1S/C8H18N2O/c9-3-5-10-4-1-2-8(6-10)7-11/h8,11H,1-7,9H2/t8-/m1/s1. The van der Waals surface area contributed by atoms with E-state index in [0.717, 1.165) is 26.2 Å². The van der Waals surface area contributed by atoms with Crippen LogP contribution in [0.3, 0.4) is 0 Å². The smallest absolute Gasteiger partial charge is 0.0471 e. The maximum atomic E-state index is 8.92. The maximum absolute atomic E-state index is 8.92.